The number of allylic oxidation sites excluding steroid dienone is 3. The summed E-state index contributed by atoms with van der Waals surface area (Å²) in [6, 6.07) is 3.41. The molecule has 0 unspecified atom stereocenters. The molecular formula is C17H23F2N7. The van der Waals surface area contributed by atoms with Crippen molar-refractivity contribution in [3.05, 3.63) is 53.9 Å². The fourth-order valence-corrected chi connectivity index (χ4v) is 1.90. The Morgan fingerprint density at radius 2 is 2.12 bits per heavy atom. The molecule has 0 saturated carbocycles. The van der Waals surface area contributed by atoms with Crippen molar-refractivity contribution in [2.75, 3.05) is 12.3 Å². The highest BCUT2D eigenvalue weighted by Gasteiger charge is 2.12. The van der Waals surface area contributed by atoms with Gasteiger partial charge in [0.15, 0.2) is 11.7 Å². The van der Waals surface area contributed by atoms with E-state index in [0.29, 0.717) is 16.8 Å². The van der Waals surface area contributed by atoms with E-state index in [1.165, 1.54) is 6.08 Å². The van der Waals surface area contributed by atoms with Gasteiger partial charge in [0.25, 0.3) is 0 Å². The fourth-order valence-electron chi connectivity index (χ4n) is 1.90. The van der Waals surface area contributed by atoms with Crippen molar-refractivity contribution in [3.8, 4) is 11.3 Å². The summed E-state index contributed by atoms with van der Waals surface area (Å²) in [7, 11) is 0. The highest BCUT2D eigenvalue weighted by molar-refractivity contribution is 6.03. The average molecular weight is 363 g/mol. The first kappa shape index (κ1) is 21.0. The number of anilines is 1. The Labute approximate surface area is 150 Å². The lowest BCUT2D eigenvalue weighted by molar-refractivity contribution is 0.542. The van der Waals surface area contributed by atoms with Crippen molar-refractivity contribution in [2.45, 2.75) is 20.8 Å². The predicted octanol–water partition coefficient (Wildman–Crippen LogP) is 3.02. The second-order valence-electron chi connectivity index (χ2n) is 4.69. The molecule has 26 heavy (non-hydrogen) atoms. The molecule has 0 atom stereocenters. The molecule has 0 spiro atoms. The van der Waals surface area contributed by atoms with Gasteiger partial charge >= 0.3 is 0 Å². The number of halogens is 2. The lowest BCUT2D eigenvalue weighted by Crippen LogP contribution is -2.32. The van der Waals surface area contributed by atoms with E-state index >= 15 is 0 Å². The van der Waals surface area contributed by atoms with Crippen molar-refractivity contribution < 1.29 is 8.78 Å². The quantitative estimate of drug-likeness (QED) is 0.214. The molecule has 6 N–H and O–H groups in total. The van der Waals surface area contributed by atoms with E-state index in [1.807, 2.05) is 13.8 Å². The second kappa shape index (κ2) is 10.7. The van der Waals surface area contributed by atoms with Crippen molar-refractivity contribution in [3.63, 3.8) is 0 Å². The first-order valence-corrected chi connectivity index (χ1v) is 8.00. The average Bonchev–Trinajstić information content (AvgIpc) is 3.20. The van der Waals surface area contributed by atoms with Crippen LogP contribution >= 0.6 is 0 Å². The highest BCUT2D eigenvalue weighted by Crippen LogP contribution is 2.20. The van der Waals surface area contributed by atoms with Gasteiger partial charge in [0, 0.05) is 18.0 Å². The molecule has 9 heteroatoms. The Bertz CT molecular complexity index is 780. The number of nitrogens with one attached hydrogen (secondary N) is 2. The number of aliphatic imine (C=N–C) groups is 1. The van der Waals surface area contributed by atoms with E-state index < -0.39 is 18.2 Å². The van der Waals surface area contributed by atoms with Crippen molar-refractivity contribution in [1.82, 2.24) is 20.6 Å². The zero-order valence-electron chi connectivity index (χ0n) is 14.9. The molecule has 0 bridgehead atoms. The van der Waals surface area contributed by atoms with Crippen LogP contribution in [0.1, 0.15) is 26.3 Å². The maximum Gasteiger partial charge on any atom is 0.157 e. The van der Waals surface area contributed by atoms with Crippen LogP contribution < -0.4 is 17.0 Å². The van der Waals surface area contributed by atoms with E-state index in [4.69, 9.17) is 11.6 Å². The summed E-state index contributed by atoms with van der Waals surface area (Å²) in [6.07, 6.45) is 5.53. The molecule has 0 fully saturated rings. The van der Waals surface area contributed by atoms with Crippen LogP contribution in [0.2, 0.25) is 0 Å². The molecule has 2 aromatic heterocycles. The fraction of sp³-hybridized carbons (Fsp3) is 0.235. The predicted molar refractivity (Wildman–Crippen MR) is 100 cm³/mol. The van der Waals surface area contributed by atoms with E-state index in [2.05, 4.69) is 25.6 Å². The number of pyridine rings is 1. The largest absolute Gasteiger partial charge is 0.383 e. The standard InChI is InChI=1S/C15H17F2N7.C2H6/c1-2-3-11(16)12(17)8-21-15(23-19)10-6-9(7-20-14(10)18)13-4-5-22-24-13;1-2/h2-7H,8,19H2,1H3,(H2,18,20)(H,21,23)(H,22,24);1-2H3/b3-2-,12-11-;. The summed E-state index contributed by atoms with van der Waals surface area (Å²) in [5.74, 6) is 3.66. The topological polar surface area (TPSA) is 118 Å². The molecular weight excluding hydrogens is 340 g/mol. The Hall–Kier alpha value is -3.07. The summed E-state index contributed by atoms with van der Waals surface area (Å²) >= 11 is 0. The monoisotopic (exact) mass is 363 g/mol. The third kappa shape index (κ3) is 5.49. The van der Waals surface area contributed by atoms with Gasteiger partial charge in [-0.05, 0) is 25.1 Å². The number of hydrogen-bond acceptors (Lipinski definition) is 5. The van der Waals surface area contributed by atoms with E-state index in [1.54, 1.807) is 31.5 Å². The summed E-state index contributed by atoms with van der Waals surface area (Å²) in [5.41, 5.74) is 9.93. The number of nitrogen functional groups attached to an aromatic ring is 1. The third-order valence-corrected chi connectivity index (χ3v) is 3.07. The maximum absolute atomic E-state index is 13.6. The van der Waals surface area contributed by atoms with Gasteiger partial charge in [0.1, 0.15) is 11.7 Å². The van der Waals surface area contributed by atoms with E-state index in [-0.39, 0.29) is 11.7 Å². The second-order valence-corrected chi connectivity index (χ2v) is 4.69. The third-order valence-electron chi connectivity index (χ3n) is 3.07. The summed E-state index contributed by atoms with van der Waals surface area (Å²) < 4.78 is 26.9. The zero-order chi connectivity index (χ0) is 19.5. The van der Waals surface area contributed by atoms with E-state index in [0.717, 1.165) is 6.08 Å². The number of nitrogens with zero attached hydrogens (tertiary/aromatic N) is 3. The van der Waals surface area contributed by atoms with Crippen LogP contribution in [0.4, 0.5) is 14.6 Å². The molecule has 0 saturated heterocycles. The van der Waals surface area contributed by atoms with Crippen LogP contribution in [0, 0.1) is 0 Å². The molecule has 0 aliphatic rings. The van der Waals surface area contributed by atoms with Crippen LogP contribution in [-0.2, 0) is 0 Å². The SMILES string of the molecule is C/C=C\C(F)=C(\F)CN=C(NN)c1cc(-c2ccn[nH]2)cnc1N.CC. The first-order valence-electron chi connectivity index (χ1n) is 8.00. The molecule has 2 rings (SSSR count). The molecule has 0 aliphatic carbocycles. The molecule has 0 aliphatic heterocycles. The van der Waals surface area contributed by atoms with Crippen molar-refractivity contribution >= 4 is 11.7 Å². The first-order chi connectivity index (χ1) is 12.6. The van der Waals surface area contributed by atoms with Crippen LogP contribution in [-0.4, -0.2) is 27.6 Å². The van der Waals surface area contributed by atoms with Crippen LogP contribution in [0.15, 0.2) is 53.3 Å². The molecule has 7 nitrogen and oxygen atoms in total. The highest BCUT2D eigenvalue weighted by atomic mass is 19.2. The van der Waals surface area contributed by atoms with Gasteiger partial charge in [-0.15, -0.1) is 0 Å². The Balaban J connectivity index is 0.00000163. The number of hydrazine groups is 1. The number of aromatic amines is 1. The van der Waals surface area contributed by atoms with Crippen LogP contribution in [0.3, 0.4) is 0 Å². The van der Waals surface area contributed by atoms with Gasteiger partial charge in [-0.1, -0.05) is 19.9 Å². The maximum atomic E-state index is 13.6. The number of amidine groups is 1. The summed E-state index contributed by atoms with van der Waals surface area (Å²) in [6.45, 7) is 5.06. The van der Waals surface area contributed by atoms with Gasteiger partial charge in [-0.2, -0.15) is 5.10 Å². The van der Waals surface area contributed by atoms with Crippen molar-refractivity contribution in [2.24, 2.45) is 10.8 Å². The molecule has 140 valence electrons. The van der Waals surface area contributed by atoms with E-state index in [9.17, 15) is 8.78 Å². The smallest absolute Gasteiger partial charge is 0.157 e. The normalized spacial score (nSPS) is 12.5. The lowest BCUT2D eigenvalue weighted by Gasteiger charge is -2.09. The van der Waals surface area contributed by atoms with Gasteiger partial charge in [-0.3, -0.25) is 10.1 Å². The number of aromatic nitrogens is 3. The van der Waals surface area contributed by atoms with Gasteiger partial charge < -0.3 is 11.2 Å². The van der Waals surface area contributed by atoms with Gasteiger partial charge in [-0.25, -0.2) is 19.6 Å². The Kier molecular flexibility index (Phi) is 8.65. The molecule has 2 aromatic rings. The Morgan fingerprint density at radius 1 is 1.38 bits per heavy atom. The number of H-pyrrole nitrogens is 1. The number of rotatable bonds is 5. The number of nitrogens with two attached hydrogens (primary N) is 2. The molecule has 0 radical (unpaired) electrons. The Morgan fingerprint density at radius 3 is 2.69 bits per heavy atom. The van der Waals surface area contributed by atoms with Crippen LogP contribution in [0.25, 0.3) is 11.3 Å². The van der Waals surface area contributed by atoms with Crippen molar-refractivity contribution in [1.29, 1.82) is 0 Å². The minimum absolute atomic E-state index is 0.0878. The van der Waals surface area contributed by atoms with Gasteiger partial charge in [0.2, 0.25) is 0 Å². The minimum Gasteiger partial charge on any atom is -0.383 e. The minimum atomic E-state index is -1.02. The lowest BCUT2D eigenvalue weighted by atomic mass is 10.1. The number of hydrogen-bond donors (Lipinski definition) is 4. The zero-order valence-corrected chi connectivity index (χ0v) is 14.9. The summed E-state index contributed by atoms with van der Waals surface area (Å²) in [4.78, 5) is 7.99. The van der Waals surface area contributed by atoms with Gasteiger partial charge in [0.05, 0.1) is 17.8 Å². The summed E-state index contributed by atoms with van der Waals surface area (Å²) in [5, 5.41) is 6.64. The molecule has 2 heterocycles. The van der Waals surface area contributed by atoms with Crippen LogP contribution in [0.5, 0.6) is 0 Å². The molecule has 0 aromatic carbocycles. The molecule has 0 amide bonds.